The van der Waals surface area contributed by atoms with Crippen LogP contribution in [-0.4, -0.2) is 43.2 Å². The summed E-state index contributed by atoms with van der Waals surface area (Å²) in [6.07, 6.45) is 6.00. The Balaban J connectivity index is 1.50. The summed E-state index contributed by atoms with van der Waals surface area (Å²) in [5, 5.41) is 6.46. The SMILES string of the molecule is CC1CCN(C(=O)NCCCNC2CC2)CC1. The average Bonchev–Trinajstić information content (AvgIpc) is 3.13. The molecule has 1 saturated heterocycles. The molecule has 4 heteroatoms. The molecule has 17 heavy (non-hydrogen) atoms. The van der Waals surface area contributed by atoms with Crippen LogP contribution in [0.4, 0.5) is 4.79 Å². The number of piperidine rings is 1. The summed E-state index contributed by atoms with van der Waals surface area (Å²) in [6.45, 7) is 5.94. The summed E-state index contributed by atoms with van der Waals surface area (Å²) < 4.78 is 0. The lowest BCUT2D eigenvalue weighted by Gasteiger charge is -2.30. The molecule has 2 aliphatic rings. The van der Waals surface area contributed by atoms with Crippen molar-refractivity contribution in [1.82, 2.24) is 15.5 Å². The van der Waals surface area contributed by atoms with Crippen LogP contribution in [0.1, 0.15) is 39.0 Å². The lowest BCUT2D eigenvalue weighted by molar-refractivity contribution is 0.174. The molecule has 2 N–H and O–H groups in total. The van der Waals surface area contributed by atoms with Crippen LogP contribution in [0.5, 0.6) is 0 Å². The van der Waals surface area contributed by atoms with Crippen molar-refractivity contribution in [3.05, 3.63) is 0 Å². The van der Waals surface area contributed by atoms with Crippen LogP contribution in [0.25, 0.3) is 0 Å². The smallest absolute Gasteiger partial charge is 0.317 e. The minimum absolute atomic E-state index is 0.128. The van der Waals surface area contributed by atoms with Crippen LogP contribution < -0.4 is 10.6 Å². The summed E-state index contributed by atoms with van der Waals surface area (Å²) >= 11 is 0. The third kappa shape index (κ3) is 4.54. The van der Waals surface area contributed by atoms with E-state index in [0.717, 1.165) is 57.4 Å². The number of likely N-dealkylation sites (tertiary alicyclic amines) is 1. The van der Waals surface area contributed by atoms with E-state index in [1.165, 1.54) is 12.8 Å². The highest BCUT2D eigenvalue weighted by atomic mass is 16.2. The zero-order valence-electron chi connectivity index (χ0n) is 10.9. The zero-order chi connectivity index (χ0) is 12.1. The Morgan fingerprint density at radius 2 is 1.88 bits per heavy atom. The van der Waals surface area contributed by atoms with Crippen LogP contribution >= 0.6 is 0 Å². The van der Waals surface area contributed by atoms with Gasteiger partial charge in [0.2, 0.25) is 0 Å². The number of carbonyl (C=O) groups excluding carboxylic acids is 1. The second-order valence-electron chi connectivity index (χ2n) is 5.48. The molecule has 98 valence electrons. The van der Waals surface area contributed by atoms with Gasteiger partial charge in [-0.25, -0.2) is 4.79 Å². The third-order valence-corrected chi connectivity index (χ3v) is 3.71. The molecule has 0 bridgehead atoms. The number of nitrogens with one attached hydrogen (secondary N) is 2. The van der Waals surface area contributed by atoms with E-state index < -0.39 is 0 Å². The second kappa shape index (κ2) is 6.24. The number of amides is 2. The van der Waals surface area contributed by atoms with Crippen molar-refractivity contribution in [2.24, 2.45) is 5.92 Å². The molecule has 2 rings (SSSR count). The minimum Gasteiger partial charge on any atom is -0.338 e. The lowest BCUT2D eigenvalue weighted by Crippen LogP contribution is -2.44. The van der Waals surface area contributed by atoms with E-state index in [4.69, 9.17) is 0 Å². The molecule has 4 nitrogen and oxygen atoms in total. The van der Waals surface area contributed by atoms with Crippen molar-refractivity contribution in [1.29, 1.82) is 0 Å². The minimum atomic E-state index is 0.128. The van der Waals surface area contributed by atoms with Gasteiger partial charge >= 0.3 is 6.03 Å². The first-order chi connectivity index (χ1) is 8.25. The molecule has 0 spiro atoms. The topological polar surface area (TPSA) is 44.4 Å². The van der Waals surface area contributed by atoms with Gasteiger partial charge in [0, 0.05) is 25.7 Å². The Morgan fingerprint density at radius 3 is 2.53 bits per heavy atom. The predicted molar refractivity (Wildman–Crippen MR) is 69.0 cm³/mol. The van der Waals surface area contributed by atoms with Crippen LogP contribution in [0.2, 0.25) is 0 Å². The van der Waals surface area contributed by atoms with Crippen LogP contribution in [0, 0.1) is 5.92 Å². The first-order valence-electron chi connectivity index (χ1n) is 7.02. The Morgan fingerprint density at radius 1 is 1.18 bits per heavy atom. The Hall–Kier alpha value is -0.770. The fourth-order valence-corrected chi connectivity index (χ4v) is 2.20. The molecule has 0 atom stereocenters. The summed E-state index contributed by atoms with van der Waals surface area (Å²) in [5.74, 6) is 0.779. The molecule has 2 amide bonds. The number of urea groups is 1. The Kier molecular flexibility index (Phi) is 4.66. The molecule has 1 aliphatic carbocycles. The quantitative estimate of drug-likeness (QED) is 0.715. The molecule has 0 unspecified atom stereocenters. The molecule has 1 aliphatic heterocycles. The van der Waals surface area contributed by atoms with Crippen LogP contribution in [0.3, 0.4) is 0 Å². The van der Waals surface area contributed by atoms with Gasteiger partial charge in [-0.2, -0.15) is 0 Å². The second-order valence-corrected chi connectivity index (χ2v) is 5.48. The van der Waals surface area contributed by atoms with Gasteiger partial charge < -0.3 is 15.5 Å². The highest BCUT2D eigenvalue weighted by Crippen LogP contribution is 2.18. The van der Waals surface area contributed by atoms with Crippen molar-refractivity contribution in [2.45, 2.75) is 45.1 Å². The molecule has 0 aromatic heterocycles. The normalized spacial score (nSPS) is 21.6. The predicted octanol–water partition coefficient (Wildman–Crippen LogP) is 1.57. The summed E-state index contributed by atoms with van der Waals surface area (Å²) in [4.78, 5) is 13.8. The summed E-state index contributed by atoms with van der Waals surface area (Å²) in [5.41, 5.74) is 0. The molecule has 1 heterocycles. The largest absolute Gasteiger partial charge is 0.338 e. The van der Waals surface area contributed by atoms with Gasteiger partial charge in [0.05, 0.1) is 0 Å². The molecule has 0 aromatic rings. The van der Waals surface area contributed by atoms with E-state index in [2.05, 4.69) is 17.6 Å². The highest BCUT2D eigenvalue weighted by Gasteiger charge is 2.20. The lowest BCUT2D eigenvalue weighted by atomic mass is 10.00. The van der Waals surface area contributed by atoms with Crippen molar-refractivity contribution >= 4 is 6.03 Å². The standard InChI is InChI=1S/C13H25N3O/c1-11-5-9-16(10-6-11)13(17)15-8-2-7-14-12-3-4-12/h11-12,14H,2-10H2,1H3,(H,15,17). The van der Waals surface area contributed by atoms with Gasteiger partial charge in [-0.1, -0.05) is 6.92 Å². The van der Waals surface area contributed by atoms with Gasteiger partial charge in [0.1, 0.15) is 0 Å². The molecular weight excluding hydrogens is 214 g/mol. The summed E-state index contributed by atoms with van der Waals surface area (Å²) in [7, 11) is 0. The van der Waals surface area contributed by atoms with Crippen molar-refractivity contribution < 1.29 is 4.79 Å². The molecule has 0 aromatic carbocycles. The number of hydrogen-bond acceptors (Lipinski definition) is 2. The first-order valence-corrected chi connectivity index (χ1v) is 7.02. The van der Waals surface area contributed by atoms with E-state index in [1.807, 2.05) is 4.90 Å². The van der Waals surface area contributed by atoms with Gasteiger partial charge in [0.15, 0.2) is 0 Å². The monoisotopic (exact) mass is 239 g/mol. The number of rotatable bonds is 5. The van der Waals surface area contributed by atoms with Crippen LogP contribution in [0.15, 0.2) is 0 Å². The fraction of sp³-hybridized carbons (Fsp3) is 0.923. The van der Waals surface area contributed by atoms with E-state index in [0.29, 0.717) is 0 Å². The first kappa shape index (κ1) is 12.7. The maximum absolute atomic E-state index is 11.8. The highest BCUT2D eigenvalue weighted by molar-refractivity contribution is 5.74. The van der Waals surface area contributed by atoms with E-state index >= 15 is 0 Å². The Bertz CT molecular complexity index is 245. The average molecular weight is 239 g/mol. The maximum Gasteiger partial charge on any atom is 0.317 e. The molecular formula is C13H25N3O. The molecule has 0 radical (unpaired) electrons. The van der Waals surface area contributed by atoms with Crippen molar-refractivity contribution in [3.8, 4) is 0 Å². The van der Waals surface area contributed by atoms with E-state index in [9.17, 15) is 4.79 Å². The molecule has 2 fully saturated rings. The van der Waals surface area contributed by atoms with Crippen molar-refractivity contribution in [2.75, 3.05) is 26.2 Å². The maximum atomic E-state index is 11.8. The number of hydrogen-bond donors (Lipinski definition) is 2. The Labute approximate surface area is 104 Å². The van der Waals surface area contributed by atoms with Gasteiger partial charge in [0.25, 0.3) is 0 Å². The van der Waals surface area contributed by atoms with Gasteiger partial charge in [-0.15, -0.1) is 0 Å². The fourth-order valence-electron chi connectivity index (χ4n) is 2.20. The number of nitrogens with zero attached hydrogens (tertiary/aromatic N) is 1. The van der Waals surface area contributed by atoms with E-state index in [-0.39, 0.29) is 6.03 Å². The van der Waals surface area contributed by atoms with Gasteiger partial charge in [-0.3, -0.25) is 0 Å². The van der Waals surface area contributed by atoms with E-state index in [1.54, 1.807) is 0 Å². The van der Waals surface area contributed by atoms with Crippen LogP contribution in [-0.2, 0) is 0 Å². The summed E-state index contributed by atoms with van der Waals surface area (Å²) in [6, 6.07) is 0.901. The number of carbonyl (C=O) groups is 1. The molecule has 1 saturated carbocycles. The zero-order valence-corrected chi connectivity index (χ0v) is 10.9. The van der Waals surface area contributed by atoms with Gasteiger partial charge in [-0.05, 0) is 44.6 Å². The van der Waals surface area contributed by atoms with Crippen molar-refractivity contribution in [3.63, 3.8) is 0 Å². The third-order valence-electron chi connectivity index (χ3n) is 3.71.